The minimum atomic E-state index is -3.89. The Labute approximate surface area is 129 Å². The molecule has 0 saturated heterocycles. The van der Waals surface area contributed by atoms with Crippen LogP contribution in [0.25, 0.3) is 0 Å². The molecule has 1 amide bonds. The second kappa shape index (κ2) is 6.01. The Morgan fingerprint density at radius 1 is 1.10 bits per heavy atom. The van der Waals surface area contributed by atoms with Crippen molar-refractivity contribution >= 4 is 42.9 Å². The molecule has 0 fully saturated rings. The highest BCUT2D eigenvalue weighted by Gasteiger charge is 2.14. The lowest BCUT2D eigenvalue weighted by Crippen LogP contribution is -2.12. The van der Waals surface area contributed by atoms with Gasteiger partial charge in [0.15, 0.2) is 0 Å². The summed E-state index contributed by atoms with van der Waals surface area (Å²) in [6.45, 7) is 0. The normalized spacial score (nSPS) is 11.2. The van der Waals surface area contributed by atoms with E-state index in [1.165, 1.54) is 24.3 Å². The molecule has 0 unspecified atom stereocenters. The molecule has 0 spiro atoms. The molecule has 0 bridgehead atoms. The summed E-state index contributed by atoms with van der Waals surface area (Å²) in [6.07, 6.45) is 0. The van der Waals surface area contributed by atoms with Crippen molar-refractivity contribution in [2.45, 2.75) is 4.90 Å². The highest BCUT2D eigenvalue weighted by Crippen LogP contribution is 2.27. The number of carbonyl (C=O) groups is 1. The zero-order chi connectivity index (χ0) is 15.6. The summed E-state index contributed by atoms with van der Waals surface area (Å²) in [5, 5.41) is 2.51. The van der Waals surface area contributed by atoms with Crippen molar-refractivity contribution in [3.05, 3.63) is 58.9 Å². The molecule has 0 radical (unpaired) electrons. The number of anilines is 1. The maximum atomic E-state index is 12.8. The van der Waals surface area contributed by atoms with E-state index in [4.69, 9.17) is 22.3 Å². The molecule has 8 heteroatoms. The third kappa shape index (κ3) is 3.93. The molecule has 2 aromatic rings. The highest BCUT2D eigenvalue weighted by atomic mass is 35.7. The molecule has 0 aliphatic rings. The van der Waals surface area contributed by atoms with E-state index in [-0.39, 0.29) is 21.2 Å². The lowest BCUT2D eigenvalue weighted by Gasteiger charge is -2.08. The van der Waals surface area contributed by atoms with Gasteiger partial charge in [-0.1, -0.05) is 11.6 Å². The standard InChI is InChI=1S/C13H8Cl2FNO3S/c14-11-7-10(21(15,19)20)5-6-12(11)17-13(18)8-1-3-9(16)4-2-8/h1-7H,(H,17,18). The third-order valence-corrected chi connectivity index (χ3v) is 4.24. The van der Waals surface area contributed by atoms with E-state index >= 15 is 0 Å². The Hall–Kier alpha value is -1.63. The Balaban J connectivity index is 2.24. The average molecular weight is 348 g/mol. The lowest BCUT2D eigenvalue weighted by atomic mass is 10.2. The molecule has 4 nitrogen and oxygen atoms in total. The largest absolute Gasteiger partial charge is 0.321 e. The smallest absolute Gasteiger partial charge is 0.261 e. The summed E-state index contributed by atoms with van der Waals surface area (Å²) in [5.41, 5.74) is 0.455. The van der Waals surface area contributed by atoms with Gasteiger partial charge < -0.3 is 5.32 Å². The van der Waals surface area contributed by atoms with E-state index in [1.54, 1.807) is 0 Å². The predicted molar refractivity (Wildman–Crippen MR) is 78.8 cm³/mol. The third-order valence-electron chi connectivity index (χ3n) is 2.58. The van der Waals surface area contributed by atoms with E-state index in [9.17, 15) is 17.6 Å². The fourth-order valence-electron chi connectivity index (χ4n) is 1.54. The summed E-state index contributed by atoms with van der Waals surface area (Å²) in [7, 11) is 1.30. The maximum Gasteiger partial charge on any atom is 0.261 e. The van der Waals surface area contributed by atoms with Crippen LogP contribution >= 0.6 is 22.3 Å². The topological polar surface area (TPSA) is 63.2 Å². The van der Waals surface area contributed by atoms with Crippen molar-refractivity contribution in [1.82, 2.24) is 0 Å². The number of carbonyl (C=O) groups excluding carboxylic acids is 1. The van der Waals surface area contributed by atoms with Crippen LogP contribution in [0.4, 0.5) is 10.1 Å². The van der Waals surface area contributed by atoms with Crippen LogP contribution in [0.5, 0.6) is 0 Å². The Morgan fingerprint density at radius 2 is 1.71 bits per heavy atom. The first-order valence-corrected chi connectivity index (χ1v) is 8.27. The number of hydrogen-bond acceptors (Lipinski definition) is 3. The molecule has 0 heterocycles. The summed E-state index contributed by atoms with van der Waals surface area (Å²) in [5.74, 6) is -0.959. The average Bonchev–Trinajstić information content (AvgIpc) is 2.40. The predicted octanol–water partition coefficient (Wildman–Crippen LogP) is 3.66. The Kier molecular flexibility index (Phi) is 4.51. The molecule has 21 heavy (non-hydrogen) atoms. The monoisotopic (exact) mass is 347 g/mol. The fraction of sp³-hybridized carbons (Fsp3) is 0. The van der Waals surface area contributed by atoms with Gasteiger partial charge in [-0.25, -0.2) is 12.8 Å². The zero-order valence-electron chi connectivity index (χ0n) is 10.3. The molecule has 2 aromatic carbocycles. The van der Waals surface area contributed by atoms with Crippen molar-refractivity contribution in [3.63, 3.8) is 0 Å². The van der Waals surface area contributed by atoms with Gasteiger partial charge in [0.1, 0.15) is 5.82 Å². The van der Waals surface area contributed by atoms with Crippen molar-refractivity contribution in [2.75, 3.05) is 5.32 Å². The highest BCUT2D eigenvalue weighted by molar-refractivity contribution is 8.13. The van der Waals surface area contributed by atoms with E-state index in [0.29, 0.717) is 0 Å². The van der Waals surface area contributed by atoms with Crippen LogP contribution < -0.4 is 5.32 Å². The minimum Gasteiger partial charge on any atom is -0.321 e. The number of halogens is 3. The lowest BCUT2D eigenvalue weighted by molar-refractivity contribution is 0.102. The quantitative estimate of drug-likeness (QED) is 0.861. The second-order valence-electron chi connectivity index (χ2n) is 4.04. The van der Waals surface area contributed by atoms with Crippen LogP contribution in [0, 0.1) is 5.82 Å². The molecule has 0 aliphatic heterocycles. The van der Waals surface area contributed by atoms with Crippen molar-refractivity contribution in [1.29, 1.82) is 0 Å². The zero-order valence-corrected chi connectivity index (χ0v) is 12.6. The van der Waals surface area contributed by atoms with Crippen LogP contribution in [0.1, 0.15) is 10.4 Å². The van der Waals surface area contributed by atoms with Gasteiger partial charge in [-0.15, -0.1) is 0 Å². The number of rotatable bonds is 3. The molecule has 110 valence electrons. The minimum absolute atomic E-state index is 0.0205. The van der Waals surface area contributed by atoms with Gasteiger partial charge in [0.05, 0.1) is 15.6 Å². The number of nitrogens with one attached hydrogen (secondary N) is 1. The SMILES string of the molecule is O=C(Nc1ccc(S(=O)(=O)Cl)cc1Cl)c1ccc(F)cc1. The first-order chi connectivity index (χ1) is 9.77. The molecule has 0 atom stereocenters. The number of amides is 1. The van der Waals surface area contributed by atoms with Crippen molar-refractivity contribution in [3.8, 4) is 0 Å². The van der Waals surface area contributed by atoms with Crippen LogP contribution in [0.3, 0.4) is 0 Å². The van der Waals surface area contributed by atoms with Gasteiger partial charge in [-0.05, 0) is 42.5 Å². The van der Waals surface area contributed by atoms with Gasteiger partial charge in [-0.2, -0.15) is 0 Å². The second-order valence-corrected chi connectivity index (χ2v) is 7.01. The van der Waals surface area contributed by atoms with E-state index in [2.05, 4.69) is 5.32 Å². The Bertz CT molecular complexity index is 792. The van der Waals surface area contributed by atoms with Gasteiger partial charge in [0.2, 0.25) is 0 Å². The van der Waals surface area contributed by atoms with E-state index in [0.717, 1.165) is 18.2 Å². The van der Waals surface area contributed by atoms with Crippen LogP contribution in [-0.2, 0) is 9.05 Å². The molecule has 0 aromatic heterocycles. The van der Waals surface area contributed by atoms with E-state index < -0.39 is 20.8 Å². The van der Waals surface area contributed by atoms with E-state index in [1.807, 2.05) is 0 Å². The molecule has 0 aliphatic carbocycles. The molecular formula is C13H8Cl2FNO3S. The number of hydrogen-bond donors (Lipinski definition) is 1. The van der Waals surface area contributed by atoms with Gasteiger partial charge in [-0.3, -0.25) is 4.79 Å². The molecule has 0 saturated carbocycles. The van der Waals surface area contributed by atoms with Crippen molar-refractivity contribution < 1.29 is 17.6 Å². The first kappa shape index (κ1) is 15.8. The molecular weight excluding hydrogens is 340 g/mol. The summed E-state index contributed by atoms with van der Waals surface area (Å²) in [4.78, 5) is 11.8. The first-order valence-electron chi connectivity index (χ1n) is 5.58. The summed E-state index contributed by atoms with van der Waals surface area (Å²) < 4.78 is 35.1. The summed E-state index contributed by atoms with van der Waals surface area (Å²) in [6, 6.07) is 8.60. The number of benzene rings is 2. The van der Waals surface area contributed by atoms with Gasteiger partial charge in [0.25, 0.3) is 15.0 Å². The fourth-order valence-corrected chi connectivity index (χ4v) is 2.61. The van der Waals surface area contributed by atoms with Crippen LogP contribution in [-0.4, -0.2) is 14.3 Å². The Morgan fingerprint density at radius 3 is 2.24 bits per heavy atom. The molecule has 2 rings (SSSR count). The maximum absolute atomic E-state index is 12.8. The summed E-state index contributed by atoms with van der Waals surface area (Å²) >= 11 is 5.89. The molecule has 1 N–H and O–H groups in total. The van der Waals surface area contributed by atoms with Crippen LogP contribution in [0.15, 0.2) is 47.4 Å². The van der Waals surface area contributed by atoms with Gasteiger partial charge in [0, 0.05) is 16.2 Å². The van der Waals surface area contributed by atoms with Crippen LogP contribution in [0.2, 0.25) is 5.02 Å². The van der Waals surface area contributed by atoms with Gasteiger partial charge >= 0.3 is 0 Å². The van der Waals surface area contributed by atoms with Crippen molar-refractivity contribution in [2.24, 2.45) is 0 Å².